The summed E-state index contributed by atoms with van der Waals surface area (Å²) in [5.74, 6) is -0.581. The molecule has 0 aliphatic rings. The first-order valence-corrected chi connectivity index (χ1v) is 11.5. The van der Waals surface area contributed by atoms with Crippen molar-refractivity contribution in [2.45, 2.75) is 33.6 Å². The molecule has 2 heterocycles. The van der Waals surface area contributed by atoms with Crippen molar-refractivity contribution in [3.63, 3.8) is 0 Å². The predicted molar refractivity (Wildman–Crippen MR) is 140 cm³/mol. The van der Waals surface area contributed by atoms with Crippen molar-refractivity contribution in [1.29, 1.82) is 0 Å². The number of hydrogen-bond acceptors (Lipinski definition) is 7. The number of aryl methyl sites for hydroxylation is 2. The second-order valence-corrected chi connectivity index (χ2v) is 7.43. The van der Waals surface area contributed by atoms with Crippen LogP contribution in [-0.2, 0) is 17.6 Å². The second-order valence-electron chi connectivity index (χ2n) is 7.43. The van der Waals surface area contributed by atoms with E-state index in [1.54, 1.807) is 25.3 Å². The maximum Gasteiger partial charge on any atom is 1.00 e. The Balaban J connectivity index is 0.000000603. The minimum atomic E-state index is -0.581. The summed E-state index contributed by atoms with van der Waals surface area (Å²) in [6, 6.07) is 12.9. The van der Waals surface area contributed by atoms with Gasteiger partial charge in [0.15, 0.2) is 5.43 Å². The minimum Gasteiger partial charge on any atom is -0.870 e. The number of hydrogen-bond donors (Lipinski definition) is 4. The number of aromatic nitrogens is 2. The third-order valence-electron chi connectivity index (χ3n) is 5.24. The van der Waals surface area contributed by atoms with Crippen LogP contribution in [0.1, 0.15) is 42.3 Å². The fourth-order valence-corrected chi connectivity index (χ4v) is 3.53. The Morgan fingerprint density at radius 2 is 1.38 bits per heavy atom. The molecule has 2 aromatic carbocycles. The van der Waals surface area contributed by atoms with E-state index >= 15 is 0 Å². The molecule has 0 saturated carbocycles. The molecule has 0 spiro atoms. The van der Waals surface area contributed by atoms with Crippen molar-refractivity contribution in [3.05, 3.63) is 92.0 Å². The number of carbonyl (C=O) groups excluding carboxylic acids is 1. The molecule has 9 nitrogen and oxygen atoms in total. The number of aromatic amines is 2. The van der Waals surface area contributed by atoms with E-state index in [1.165, 1.54) is 11.8 Å². The van der Waals surface area contributed by atoms with E-state index in [0.717, 1.165) is 34.8 Å². The molecule has 2 aromatic heterocycles. The van der Waals surface area contributed by atoms with Crippen molar-refractivity contribution in [1.82, 2.24) is 9.97 Å². The van der Waals surface area contributed by atoms with E-state index in [0.29, 0.717) is 5.39 Å². The average Bonchev–Trinajstić information content (AvgIpc) is 2.89. The number of carbonyl (C=O) groups is 1. The Morgan fingerprint density at radius 1 is 0.838 bits per heavy atom. The summed E-state index contributed by atoms with van der Waals surface area (Å²) < 4.78 is 4.86. The van der Waals surface area contributed by atoms with Gasteiger partial charge in [0.05, 0.1) is 30.9 Å². The van der Waals surface area contributed by atoms with Gasteiger partial charge in [0.2, 0.25) is 5.43 Å². The number of ether oxygens (including phenoxy) is 1. The summed E-state index contributed by atoms with van der Waals surface area (Å²) in [5, 5.41) is 16.6. The van der Waals surface area contributed by atoms with Gasteiger partial charge in [-0.05, 0) is 43.0 Å². The summed E-state index contributed by atoms with van der Waals surface area (Å²) in [7, 11) is 0. The topological polar surface area (TPSA) is 162 Å². The zero-order valence-electron chi connectivity index (χ0n) is 21.7. The Bertz CT molecular complexity index is 1380. The number of rotatable bonds is 5. The van der Waals surface area contributed by atoms with E-state index in [4.69, 9.17) is 14.9 Å². The average molecular weight is 521 g/mol. The number of benzene rings is 2. The zero-order valence-corrected chi connectivity index (χ0v) is 23.7. The molecular formula is C27H33N2NaO7. The summed E-state index contributed by atoms with van der Waals surface area (Å²) >= 11 is 0. The maximum absolute atomic E-state index is 12.2. The van der Waals surface area contributed by atoms with E-state index < -0.39 is 5.97 Å². The number of aliphatic hydroxyl groups excluding tert-OH is 2. The van der Waals surface area contributed by atoms with Gasteiger partial charge in [0.1, 0.15) is 5.56 Å². The molecule has 10 heteroatoms. The monoisotopic (exact) mass is 520 g/mol. The van der Waals surface area contributed by atoms with E-state index in [-0.39, 0.29) is 71.3 Å². The first kappa shape index (κ1) is 34.2. The summed E-state index contributed by atoms with van der Waals surface area (Å²) in [6.45, 7) is 5.82. The largest absolute Gasteiger partial charge is 1.00 e. The molecule has 0 aliphatic heterocycles. The fraction of sp³-hybridized carbons (Fsp3) is 0.296. The molecule has 0 bridgehead atoms. The Morgan fingerprint density at radius 3 is 1.89 bits per heavy atom. The van der Waals surface area contributed by atoms with Gasteiger partial charge in [0.25, 0.3) is 0 Å². The molecule has 4 rings (SSSR count). The van der Waals surface area contributed by atoms with Crippen LogP contribution >= 0.6 is 0 Å². The molecule has 0 unspecified atom stereocenters. The van der Waals surface area contributed by atoms with Crippen LogP contribution in [0.2, 0.25) is 0 Å². The van der Waals surface area contributed by atoms with E-state index in [9.17, 15) is 14.4 Å². The van der Waals surface area contributed by atoms with Crippen molar-refractivity contribution in [2.75, 3.05) is 19.8 Å². The van der Waals surface area contributed by atoms with Crippen LogP contribution < -0.4 is 40.4 Å². The number of nitrogens with one attached hydrogen (secondary N) is 2. The number of pyridine rings is 2. The van der Waals surface area contributed by atoms with Gasteiger partial charge in [-0.25, -0.2) is 4.79 Å². The SMILES string of the molecule is CCOC(=O)c1c[nH]c2c(CC)cccc2c1=O.CCc1cccc2c(=O)cc[nH]c12.OCCO.[Na+].[OH-]. The normalized spacial score (nSPS) is 9.65. The summed E-state index contributed by atoms with van der Waals surface area (Å²) in [6.07, 6.45) is 4.90. The smallest absolute Gasteiger partial charge is 0.870 e. The molecule has 0 atom stereocenters. The molecular weight excluding hydrogens is 487 g/mol. The quantitative estimate of drug-likeness (QED) is 0.215. The van der Waals surface area contributed by atoms with Crippen molar-refractivity contribution >= 4 is 27.8 Å². The van der Waals surface area contributed by atoms with Crippen molar-refractivity contribution in [2.24, 2.45) is 0 Å². The summed E-state index contributed by atoms with van der Waals surface area (Å²) in [5.41, 5.74) is 3.87. The Hall–Kier alpha value is -2.79. The van der Waals surface area contributed by atoms with Gasteiger partial charge >= 0.3 is 35.5 Å². The molecule has 0 amide bonds. The molecule has 0 fully saturated rings. The molecule has 194 valence electrons. The first-order chi connectivity index (χ1) is 16.9. The van der Waals surface area contributed by atoms with Crippen LogP contribution in [0.4, 0.5) is 0 Å². The number of aliphatic hydroxyl groups is 2. The standard InChI is InChI=1S/C14H15NO3.C11H11NO.C2H6O2.Na.H2O/c1-3-9-6-5-7-10-12(9)15-8-11(13(10)16)14(17)18-4-2;1-2-8-4-3-5-9-10(13)6-7-12-11(8)9;3-1-2-4;;/h5-8H,3-4H2,1-2H3,(H,15,16);3-7H,2H2,1H3,(H,12,13);3-4H,1-2H2;;1H2/q;;;+1;/p-1. The first-order valence-electron chi connectivity index (χ1n) is 11.5. The number of para-hydroxylation sites is 2. The Labute approximate surface area is 237 Å². The van der Waals surface area contributed by atoms with Gasteiger partial charge in [-0.3, -0.25) is 9.59 Å². The van der Waals surface area contributed by atoms with Gasteiger partial charge in [0, 0.05) is 29.2 Å². The predicted octanol–water partition coefficient (Wildman–Crippen LogP) is 0.156. The van der Waals surface area contributed by atoms with Crippen LogP contribution in [0.5, 0.6) is 0 Å². The van der Waals surface area contributed by atoms with E-state index in [2.05, 4.69) is 16.9 Å². The van der Waals surface area contributed by atoms with Gasteiger partial charge in [-0.15, -0.1) is 0 Å². The van der Waals surface area contributed by atoms with Crippen LogP contribution in [0.15, 0.2) is 64.4 Å². The van der Waals surface area contributed by atoms with Crippen LogP contribution in [-0.4, -0.2) is 51.4 Å². The third-order valence-corrected chi connectivity index (χ3v) is 5.24. The second kappa shape index (κ2) is 17.6. The van der Waals surface area contributed by atoms with Crippen molar-refractivity contribution < 1.29 is 54.8 Å². The third kappa shape index (κ3) is 8.92. The molecule has 0 radical (unpaired) electrons. The molecule has 4 aromatic rings. The molecule has 0 aliphatic carbocycles. The van der Waals surface area contributed by atoms with Gasteiger partial charge in [-0.1, -0.05) is 38.1 Å². The minimum absolute atomic E-state index is 0. The fourth-order valence-electron chi connectivity index (χ4n) is 3.53. The number of fused-ring (bicyclic) bond motifs is 2. The maximum atomic E-state index is 12.2. The van der Waals surface area contributed by atoms with Gasteiger partial charge in [-0.2, -0.15) is 0 Å². The zero-order chi connectivity index (χ0) is 25.8. The number of esters is 1. The molecule has 37 heavy (non-hydrogen) atoms. The molecule has 0 saturated heterocycles. The van der Waals surface area contributed by atoms with E-state index in [1.807, 2.05) is 37.3 Å². The Kier molecular flexibility index (Phi) is 16.3. The van der Waals surface area contributed by atoms with Crippen LogP contribution in [0.25, 0.3) is 21.8 Å². The molecule has 5 N–H and O–H groups in total. The summed E-state index contributed by atoms with van der Waals surface area (Å²) in [4.78, 5) is 41.4. The van der Waals surface area contributed by atoms with Gasteiger partial charge < -0.3 is 30.4 Å². The van der Waals surface area contributed by atoms with Crippen LogP contribution in [0.3, 0.4) is 0 Å². The van der Waals surface area contributed by atoms with Crippen molar-refractivity contribution in [3.8, 4) is 0 Å². The van der Waals surface area contributed by atoms with Crippen LogP contribution in [0, 0.1) is 0 Å². The number of H-pyrrole nitrogens is 2.